The summed E-state index contributed by atoms with van der Waals surface area (Å²) < 4.78 is 5.74. The number of nitrogens with zero attached hydrogens (tertiary/aromatic N) is 5. The molecule has 0 aromatic carbocycles. The highest BCUT2D eigenvalue weighted by Crippen LogP contribution is 2.23. The largest absolute Gasteiger partial charge is 0.382 e. The third-order valence-corrected chi connectivity index (χ3v) is 3.37. The molecule has 7 nitrogen and oxygen atoms in total. The third kappa shape index (κ3) is 2.92. The van der Waals surface area contributed by atoms with Gasteiger partial charge in [-0.25, -0.2) is 9.97 Å². The summed E-state index contributed by atoms with van der Waals surface area (Å²) in [6.45, 7) is 5.66. The van der Waals surface area contributed by atoms with Crippen molar-refractivity contribution in [2.45, 2.75) is 26.1 Å². The van der Waals surface area contributed by atoms with Crippen molar-refractivity contribution in [2.75, 3.05) is 23.7 Å². The number of hydrogen-bond donors (Lipinski definition) is 1. The van der Waals surface area contributed by atoms with E-state index in [9.17, 15) is 0 Å². The molecule has 0 amide bonds. The molecule has 0 unspecified atom stereocenters. The van der Waals surface area contributed by atoms with Crippen molar-refractivity contribution in [1.29, 1.82) is 0 Å². The van der Waals surface area contributed by atoms with E-state index in [1.165, 1.54) is 0 Å². The summed E-state index contributed by atoms with van der Waals surface area (Å²) in [6.07, 6.45) is 3.66. The van der Waals surface area contributed by atoms with Gasteiger partial charge in [0.2, 0.25) is 5.95 Å². The highest BCUT2D eigenvalue weighted by molar-refractivity contribution is 5.70. The second kappa shape index (κ2) is 5.61. The lowest BCUT2D eigenvalue weighted by atomic mass is 10.2. The molecular formula is C14H18N6O. The Labute approximate surface area is 123 Å². The average molecular weight is 286 g/mol. The molecule has 0 aliphatic carbocycles. The first-order valence-electron chi connectivity index (χ1n) is 6.94. The van der Waals surface area contributed by atoms with Crippen LogP contribution in [-0.4, -0.2) is 45.5 Å². The number of rotatable bonds is 2. The predicted octanol–water partition coefficient (Wildman–Crippen LogP) is 1.13. The number of morpholine rings is 1. The first-order valence-corrected chi connectivity index (χ1v) is 6.94. The Morgan fingerprint density at radius 1 is 1.19 bits per heavy atom. The van der Waals surface area contributed by atoms with Gasteiger partial charge in [0, 0.05) is 24.8 Å². The first-order chi connectivity index (χ1) is 10.1. The highest BCUT2D eigenvalue weighted by Gasteiger charge is 2.24. The quantitative estimate of drug-likeness (QED) is 0.885. The van der Waals surface area contributed by atoms with Crippen molar-refractivity contribution >= 4 is 11.8 Å². The third-order valence-electron chi connectivity index (χ3n) is 3.37. The van der Waals surface area contributed by atoms with E-state index >= 15 is 0 Å². The van der Waals surface area contributed by atoms with Gasteiger partial charge in [0.25, 0.3) is 0 Å². The summed E-state index contributed by atoms with van der Waals surface area (Å²) >= 11 is 0. The molecule has 2 atom stereocenters. The van der Waals surface area contributed by atoms with Crippen LogP contribution in [0.5, 0.6) is 0 Å². The van der Waals surface area contributed by atoms with Crippen LogP contribution >= 0.6 is 0 Å². The Balaban J connectivity index is 1.92. The van der Waals surface area contributed by atoms with Crippen molar-refractivity contribution in [3.8, 4) is 11.3 Å². The molecule has 0 radical (unpaired) electrons. The topological polar surface area (TPSA) is 90.1 Å². The van der Waals surface area contributed by atoms with Crippen LogP contribution in [0.2, 0.25) is 0 Å². The molecule has 1 aliphatic rings. The van der Waals surface area contributed by atoms with E-state index in [4.69, 9.17) is 10.5 Å². The van der Waals surface area contributed by atoms with Gasteiger partial charge >= 0.3 is 0 Å². The average Bonchev–Trinajstić information content (AvgIpc) is 2.47. The molecule has 0 saturated carbocycles. The molecule has 1 fully saturated rings. The van der Waals surface area contributed by atoms with Crippen LogP contribution in [0.15, 0.2) is 24.5 Å². The second-order valence-corrected chi connectivity index (χ2v) is 5.23. The lowest BCUT2D eigenvalue weighted by Gasteiger charge is -2.35. The van der Waals surface area contributed by atoms with E-state index < -0.39 is 0 Å². The predicted molar refractivity (Wildman–Crippen MR) is 79.7 cm³/mol. The van der Waals surface area contributed by atoms with E-state index in [1.54, 1.807) is 18.5 Å². The Morgan fingerprint density at radius 2 is 1.95 bits per heavy atom. The highest BCUT2D eigenvalue weighted by atomic mass is 16.5. The van der Waals surface area contributed by atoms with Gasteiger partial charge in [-0.1, -0.05) is 0 Å². The van der Waals surface area contributed by atoms with Crippen LogP contribution in [0.4, 0.5) is 11.8 Å². The molecule has 7 heteroatoms. The van der Waals surface area contributed by atoms with Crippen LogP contribution in [0.25, 0.3) is 11.3 Å². The summed E-state index contributed by atoms with van der Waals surface area (Å²) in [4.78, 5) is 11.1. The molecule has 0 spiro atoms. The standard InChI is InChI=1S/C14H18N6O/c1-9-7-20(8-10(2)21-9)14-16-5-4-12(18-14)11-3-6-17-19-13(11)15/h3-6,9-10H,7-8H2,1-2H3,(H2,15,19)/t9-,10+. The fourth-order valence-corrected chi connectivity index (χ4v) is 2.55. The van der Waals surface area contributed by atoms with Crippen LogP contribution in [-0.2, 0) is 4.74 Å². The van der Waals surface area contributed by atoms with Gasteiger partial charge in [0.1, 0.15) is 0 Å². The van der Waals surface area contributed by atoms with Gasteiger partial charge in [-0.05, 0) is 26.0 Å². The Bertz CT molecular complexity index is 624. The van der Waals surface area contributed by atoms with E-state index in [2.05, 4.69) is 38.9 Å². The zero-order chi connectivity index (χ0) is 14.8. The van der Waals surface area contributed by atoms with Crippen LogP contribution in [0.1, 0.15) is 13.8 Å². The number of ether oxygens (including phenoxy) is 1. The summed E-state index contributed by atoms with van der Waals surface area (Å²) in [5.74, 6) is 1.05. The minimum absolute atomic E-state index is 0.161. The SMILES string of the molecule is C[C@@H]1CN(c2nccc(-c3ccnnc3N)n2)C[C@H](C)O1. The van der Waals surface area contributed by atoms with Crippen molar-refractivity contribution < 1.29 is 4.74 Å². The maximum absolute atomic E-state index is 5.86. The van der Waals surface area contributed by atoms with Gasteiger partial charge in [0.05, 0.1) is 24.1 Å². The molecule has 1 saturated heterocycles. The number of nitrogen functional groups attached to an aromatic ring is 1. The maximum atomic E-state index is 5.86. The zero-order valence-electron chi connectivity index (χ0n) is 12.1. The fourth-order valence-electron chi connectivity index (χ4n) is 2.55. The van der Waals surface area contributed by atoms with Gasteiger partial charge in [0.15, 0.2) is 5.82 Å². The van der Waals surface area contributed by atoms with Crippen LogP contribution in [0.3, 0.4) is 0 Å². The van der Waals surface area contributed by atoms with Gasteiger partial charge < -0.3 is 15.4 Å². The number of anilines is 2. The van der Waals surface area contributed by atoms with Crippen LogP contribution in [0, 0.1) is 0 Å². The lowest BCUT2D eigenvalue weighted by molar-refractivity contribution is -0.00571. The Morgan fingerprint density at radius 3 is 2.67 bits per heavy atom. The molecular weight excluding hydrogens is 268 g/mol. The Kier molecular flexibility index (Phi) is 3.66. The molecule has 2 N–H and O–H groups in total. The second-order valence-electron chi connectivity index (χ2n) is 5.23. The minimum Gasteiger partial charge on any atom is -0.382 e. The number of hydrogen-bond acceptors (Lipinski definition) is 7. The van der Waals surface area contributed by atoms with E-state index in [-0.39, 0.29) is 12.2 Å². The van der Waals surface area contributed by atoms with E-state index in [0.29, 0.717) is 11.8 Å². The summed E-state index contributed by atoms with van der Waals surface area (Å²) in [5, 5.41) is 7.61. The molecule has 2 aromatic heterocycles. The van der Waals surface area contributed by atoms with Crippen molar-refractivity contribution in [3.05, 3.63) is 24.5 Å². The monoisotopic (exact) mass is 286 g/mol. The summed E-state index contributed by atoms with van der Waals surface area (Å²) in [7, 11) is 0. The van der Waals surface area contributed by atoms with Gasteiger partial charge in [-0.15, -0.1) is 5.10 Å². The minimum atomic E-state index is 0.161. The van der Waals surface area contributed by atoms with Gasteiger partial charge in [-0.3, -0.25) is 0 Å². The van der Waals surface area contributed by atoms with E-state index in [0.717, 1.165) is 24.3 Å². The molecule has 3 heterocycles. The molecule has 0 bridgehead atoms. The zero-order valence-corrected chi connectivity index (χ0v) is 12.1. The smallest absolute Gasteiger partial charge is 0.226 e. The maximum Gasteiger partial charge on any atom is 0.226 e. The molecule has 3 rings (SSSR count). The Hall–Kier alpha value is -2.28. The normalized spacial score (nSPS) is 22.3. The van der Waals surface area contributed by atoms with Crippen molar-refractivity contribution in [3.63, 3.8) is 0 Å². The molecule has 21 heavy (non-hydrogen) atoms. The van der Waals surface area contributed by atoms with Crippen LogP contribution < -0.4 is 10.6 Å². The van der Waals surface area contributed by atoms with Crippen molar-refractivity contribution in [1.82, 2.24) is 20.2 Å². The first kappa shape index (κ1) is 13.7. The number of nitrogens with two attached hydrogens (primary N) is 1. The summed E-state index contributed by atoms with van der Waals surface area (Å²) in [6, 6.07) is 3.63. The fraction of sp³-hybridized carbons (Fsp3) is 0.429. The molecule has 110 valence electrons. The van der Waals surface area contributed by atoms with E-state index in [1.807, 2.05) is 6.07 Å². The lowest BCUT2D eigenvalue weighted by Crippen LogP contribution is -2.46. The van der Waals surface area contributed by atoms with Gasteiger partial charge in [-0.2, -0.15) is 5.10 Å². The van der Waals surface area contributed by atoms with Crippen molar-refractivity contribution in [2.24, 2.45) is 0 Å². The molecule has 2 aromatic rings. The number of aromatic nitrogens is 4. The summed E-state index contributed by atoms with van der Waals surface area (Å²) in [5.41, 5.74) is 7.37. The molecule has 1 aliphatic heterocycles.